The van der Waals surface area contributed by atoms with Crippen molar-refractivity contribution in [3.05, 3.63) is 53.9 Å². The molecule has 0 aliphatic rings. The smallest absolute Gasteiger partial charge is 0.344 e. The van der Waals surface area contributed by atoms with Gasteiger partial charge in [-0.05, 0) is 36.4 Å². The van der Waals surface area contributed by atoms with Gasteiger partial charge in [0.25, 0.3) is 5.89 Å². The third-order valence-corrected chi connectivity index (χ3v) is 3.85. The van der Waals surface area contributed by atoms with E-state index < -0.39 is 5.97 Å². The molecule has 0 aliphatic heterocycles. The fourth-order valence-corrected chi connectivity index (χ4v) is 2.37. The number of hydrogen-bond acceptors (Lipinski definition) is 9. The summed E-state index contributed by atoms with van der Waals surface area (Å²) in [5.41, 5.74) is 1.12. The van der Waals surface area contributed by atoms with Crippen molar-refractivity contribution in [3.8, 4) is 28.6 Å². The minimum Gasteiger partial charge on any atom is -0.497 e. The predicted molar refractivity (Wildman–Crippen MR) is 100.0 cm³/mol. The highest BCUT2D eigenvalue weighted by Gasteiger charge is 2.15. The van der Waals surface area contributed by atoms with Crippen LogP contribution in [0.25, 0.3) is 11.4 Å². The Bertz CT molecular complexity index is 983. The first-order valence-electron chi connectivity index (χ1n) is 8.51. The van der Waals surface area contributed by atoms with Crippen molar-refractivity contribution in [1.29, 1.82) is 0 Å². The van der Waals surface area contributed by atoms with Crippen LogP contribution in [0.1, 0.15) is 16.2 Å². The van der Waals surface area contributed by atoms with Crippen LogP contribution in [-0.4, -0.2) is 43.2 Å². The number of rotatable bonds is 9. The van der Waals surface area contributed by atoms with E-state index in [1.165, 1.54) is 7.11 Å². The first-order valence-corrected chi connectivity index (χ1v) is 8.51. The van der Waals surface area contributed by atoms with Crippen LogP contribution in [0.4, 0.5) is 0 Å². The van der Waals surface area contributed by atoms with Crippen LogP contribution < -0.4 is 14.2 Å². The normalized spacial score (nSPS) is 10.3. The van der Waals surface area contributed by atoms with E-state index in [4.69, 9.17) is 23.5 Å². The van der Waals surface area contributed by atoms with Gasteiger partial charge in [-0.25, -0.2) is 4.79 Å². The van der Waals surface area contributed by atoms with E-state index in [-0.39, 0.29) is 19.1 Å². The second-order valence-electron chi connectivity index (χ2n) is 5.71. The van der Waals surface area contributed by atoms with Crippen molar-refractivity contribution >= 4 is 12.3 Å². The average Bonchev–Trinajstić information content (AvgIpc) is 3.25. The zero-order chi connectivity index (χ0) is 20.6. The van der Waals surface area contributed by atoms with Gasteiger partial charge in [0.15, 0.2) is 13.2 Å². The number of carbonyl (C=O) groups is 2. The summed E-state index contributed by atoms with van der Waals surface area (Å²) in [6.07, 6.45) is 0.720. The quantitative estimate of drug-likeness (QED) is 0.397. The second kappa shape index (κ2) is 9.36. The van der Waals surface area contributed by atoms with Gasteiger partial charge in [-0.15, -0.1) is 0 Å². The van der Waals surface area contributed by atoms with E-state index in [1.807, 2.05) is 0 Å². The highest BCUT2D eigenvalue weighted by molar-refractivity contribution is 5.75. The first kappa shape index (κ1) is 19.9. The van der Waals surface area contributed by atoms with Crippen molar-refractivity contribution < 1.29 is 33.1 Å². The van der Waals surface area contributed by atoms with Crippen molar-refractivity contribution in [1.82, 2.24) is 10.1 Å². The standard InChI is InChI=1S/C20H18N2O7/c1-25-15-7-8-16(17(9-15)26-2)20-21-18(29-22-20)11-28-19(24)12-27-14-5-3-13(10-23)4-6-14/h3-10H,11-12H2,1-2H3. The molecule has 9 nitrogen and oxygen atoms in total. The number of methoxy groups -OCH3 is 2. The molecular weight excluding hydrogens is 380 g/mol. The third-order valence-electron chi connectivity index (χ3n) is 3.85. The van der Waals surface area contributed by atoms with E-state index in [9.17, 15) is 9.59 Å². The minimum atomic E-state index is -0.605. The lowest BCUT2D eigenvalue weighted by Gasteiger charge is -2.07. The number of nitrogens with zero attached hydrogens (tertiary/aromatic N) is 2. The topological polar surface area (TPSA) is 110 Å². The lowest BCUT2D eigenvalue weighted by molar-refractivity contribution is -0.148. The fourth-order valence-electron chi connectivity index (χ4n) is 2.37. The van der Waals surface area contributed by atoms with Gasteiger partial charge < -0.3 is 23.5 Å². The average molecular weight is 398 g/mol. The van der Waals surface area contributed by atoms with Gasteiger partial charge in [-0.1, -0.05) is 5.16 Å². The molecule has 2 aromatic carbocycles. The summed E-state index contributed by atoms with van der Waals surface area (Å²) in [6, 6.07) is 11.5. The highest BCUT2D eigenvalue weighted by atomic mass is 16.6. The number of esters is 1. The monoisotopic (exact) mass is 398 g/mol. The van der Waals surface area contributed by atoms with Gasteiger partial charge in [0.1, 0.15) is 23.5 Å². The predicted octanol–water partition coefficient (Wildman–Crippen LogP) is 2.69. The molecule has 0 atom stereocenters. The zero-order valence-corrected chi connectivity index (χ0v) is 15.8. The van der Waals surface area contributed by atoms with E-state index in [0.29, 0.717) is 34.2 Å². The molecule has 3 rings (SSSR count). The molecule has 29 heavy (non-hydrogen) atoms. The van der Waals surface area contributed by atoms with Gasteiger partial charge in [0, 0.05) is 11.6 Å². The van der Waals surface area contributed by atoms with Crippen LogP contribution >= 0.6 is 0 Å². The molecule has 1 heterocycles. The summed E-state index contributed by atoms with van der Waals surface area (Å²) in [4.78, 5) is 26.7. The van der Waals surface area contributed by atoms with Crippen molar-refractivity contribution in [3.63, 3.8) is 0 Å². The van der Waals surface area contributed by atoms with Gasteiger partial charge >= 0.3 is 5.97 Å². The van der Waals surface area contributed by atoms with Crippen LogP contribution in [0.15, 0.2) is 47.0 Å². The van der Waals surface area contributed by atoms with Crippen LogP contribution in [0.3, 0.4) is 0 Å². The Morgan fingerprint density at radius 1 is 1.07 bits per heavy atom. The summed E-state index contributed by atoms with van der Waals surface area (Å²) in [5.74, 6) is 1.40. The number of aldehydes is 1. The van der Waals surface area contributed by atoms with Crippen LogP contribution in [0, 0.1) is 0 Å². The fraction of sp³-hybridized carbons (Fsp3) is 0.200. The summed E-state index contributed by atoms with van der Waals surface area (Å²) in [6.45, 7) is -0.495. The van der Waals surface area contributed by atoms with Gasteiger partial charge in [0.05, 0.1) is 19.8 Å². The summed E-state index contributed by atoms with van der Waals surface area (Å²) < 4.78 is 26.0. The Hall–Kier alpha value is -3.88. The second-order valence-corrected chi connectivity index (χ2v) is 5.71. The summed E-state index contributed by atoms with van der Waals surface area (Å²) >= 11 is 0. The third kappa shape index (κ3) is 5.10. The molecule has 0 saturated carbocycles. The summed E-state index contributed by atoms with van der Waals surface area (Å²) in [7, 11) is 3.08. The Balaban J connectivity index is 1.54. The molecule has 150 valence electrons. The molecule has 1 aromatic heterocycles. The molecule has 0 spiro atoms. The molecule has 0 amide bonds. The maximum atomic E-state index is 11.8. The minimum absolute atomic E-state index is 0.126. The van der Waals surface area contributed by atoms with Gasteiger partial charge in [-0.3, -0.25) is 4.79 Å². The largest absolute Gasteiger partial charge is 0.497 e. The summed E-state index contributed by atoms with van der Waals surface area (Å²) in [5, 5.41) is 3.88. The number of benzene rings is 2. The van der Waals surface area contributed by atoms with Crippen LogP contribution in [-0.2, 0) is 16.1 Å². The molecule has 0 N–H and O–H groups in total. The van der Waals surface area contributed by atoms with E-state index in [2.05, 4.69) is 10.1 Å². The van der Waals surface area contributed by atoms with Crippen molar-refractivity contribution in [2.75, 3.05) is 20.8 Å². The molecule has 0 bridgehead atoms. The molecule has 0 fully saturated rings. The maximum Gasteiger partial charge on any atom is 0.344 e. The highest BCUT2D eigenvalue weighted by Crippen LogP contribution is 2.31. The van der Waals surface area contributed by atoms with Crippen molar-refractivity contribution in [2.24, 2.45) is 0 Å². The molecule has 0 radical (unpaired) electrons. The van der Waals surface area contributed by atoms with Gasteiger partial charge in [-0.2, -0.15) is 4.98 Å². The molecule has 3 aromatic rings. The zero-order valence-electron chi connectivity index (χ0n) is 15.8. The Labute approximate surface area is 166 Å². The maximum absolute atomic E-state index is 11.8. The first-order chi connectivity index (χ1) is 14.1. The van der Waals surface area contributed by atoms with Gasteiger partial charge in [0.2, 0.25) is 5.82 Å². The molecular formula is C20H18N2O7. The van der Waals surface area contributed by atoms with E-state index in [1.54, 1.807) is 49.6 Å². The number of aromatic nitrogens is 2. The Morgan fingerprint density at radius 3 is 2.52 bits per heavy atom. The van der Waals surface area contributed by atoms with Crippen LogP contribution in [0.5, 0.6) is 17.2 Å². The molecule has 0 saturated heterocycles. The lowest BCUT2D eigenvalue weighted by Crippen LogP contribution is -2.14. The molecule has 9 heteroatoms. The lowest BCUT2D eigenvalue weighted by atomic mass is 10.2. The van der Waals surface area contributed by atoms with E-state index in [0.717, 1.165) is 6.29 Å². The Morgan fingerprint density at radius 2 is 1.83 bits per heavy atom. The SMILES string of the molecule is COc1ccc(-c2noc(COC(=O)COc3ccc(C=O)cc3)n2)c(OC)c1. The van der Waals surface area contributed by atoms with Crippen molar-refractivity contribution in [2.45, 2.75) is 6.61 Å². The Kier molecular flexibility index (Phi) is 6.41. The molecule has 0 aliphatic carbocycles. The number of hydrogen-bond donors (Lipinski definition) is 0. The van der Waals surface area contributed by atoms with E-state index >= 15 is 0 Å². The molecule has 0 unspecified atom stereocenters. The van der Waals surface area contributed by atoms with Crippen LogP contribution in [0.2, 0.25) is 0 Å². The number of carbonyl (C=O) groups excluding carboxylic acids is 2. The number of ether oxygens (including phenoxy) is 4.